The molecule has 0 unspecified atom stereocenters. The predicted molar refractivity (Wildman–Crippen MR) is 70.5 cm³/mol. The van der Waals surface area contributed by atoms with Gasteiger partial charge in [0.1, 0.15) is 5.82 Å². The number of halogens is 4. The smallest absolute Gasteiger partial charge is 0.338 e. The average Bonchev–Trinajstić information content (AvgIpc) is 2.48. The van der Waals surface area contributed by atoms with E-state index in [9.17, 15) is 30.8 Å². The molecule has 0 bridgehead atoms. The first kappa shape index (κ1) is 16.7. The Morgan fingerprint density at radius 3 is 2.17 bits per heavy atom. The summed E-state index contributed by atoms with van der Waals surface area (Å²) < 4.78 is 78.3. The van der Waals surface area contributed by atoms with Crippen molar-refractivity contribution in [3.8, 4) is 0 Å². The van der Waals surface area contributed by atoms with Crippen LogP contribution in [0.5, 0.6) is 0 Å². The fourth-order valence-electron chi connectivity index (χ4n) is 1.64. The number of sulfonamides is 1. The maximum Gasteiger partial charge on any atom is 0.338 e. The van der Waals surface area contributed by atoms with Crippen molar-refractivity contribution in [1.29, 1.82) is 0 Å². The average molecular weight is 349 g/mol. The van der Waals surface area contributed by atoms with Crippen LogP contribution in [0.3, 0.4) is 0 Å². The molecule has 0 atom stereocenters. The van der Waals surface area contributed by atoms with Gasteiger partial charge in [0.2, 0.25) is 0 Å². The second-order valence-electron chi connectivity index (χ2n) is 4.28. The summed E-state index contributed by atoms with van der Waals surface area (Å²) in [6, 6.07) is 3.00. The van der Waals surface area contributed by atoms with Crippen LogP contribution in [0.4, 0.5) is 23.2 Å². The van der Waals surface area contributed by atoms with Crippen LogP contribution < -0.4 is 4.72 Å². The van der Waals surface area contributed by atoms with Crippen molar-refractivity contribution >= 4 is 21.7 Å². The molecule has 0 heterocycles. The van der Waals surface area contributed by atoms with Gasteiger partial charge < -0.3 is 5.11 Å². The molecule has 0 spiro atoms. The number of carboxylic acids is 1. The van der Waals surface area contributed by atoms with E-state index < -0.39 is 55.4 Å². The Balaban J connectivity index is 2.46. The van der Waals surface area contributed by atoms with Crippen molar-refractivity contribution < 1.29 is 35.9 Å². The van der Waals surface area contributed by atoms with E-state index >= 15 is 0 Å². The molecule has 0 aliphatic heterocycles. The molecular weight excluding hydrogens is 342 g/mol. The lowest BCUT2D eigenvalue weighted by molar-refractivity contribution is 0.0691. The van der Waals surface area contributed by atoms with E-state index in [1.807, 2.05) is 0 Å². The molecule has 23 heavy (non-hydrogen) atoms. The highest BCUT2D eigenvalue weighted by Crippen LogP contribution is 2.23. The fraction of sp³-hybridized carbons (Fsp3) is 0. The summed E-state index contributed by atoms with van der Waals surface area (Å²) in [7, 11) is -4.55. The molecule has 0 saturated carbocycles. The van der Waals surface area contributed by atoms with Crippen molar-refractivity contribution in [1.82, 2.24) is 0 Å². The molecule has 2 rings (SSSR count). The molecular formula is C13H7F4NO4S. The van der Waals surface area contributed by atoms with Crippen LogP contribution in [0.2, 0.25) is 0 Å². The molecule has 2 aromatic rings. The van der Waals surface area contributed by atoms with Crippen molar-refractivity contribution in [2.45, 2.75) is 4.90 Å². The zero-order chi connectivity index (χ0) is 17.4. The van der Waals surface area contributed by atoms with E-state index in [0.29, 0.717) is 24.3 Å². The monoisotopic (exact) mass is 349 g/mol. The van der Waals surface area contributed by atoms with E-state index in [1.54, 1.807) is 4.72 Å². The van der Waals surface area contributed by atoms with Gasteiger partial charge >= 0.3 is 5.97 Å². The topological polar surface area (TPSA) is 83.5 Å². The zero-order valence-electron chi connectivity index (χ0n) is 11.0. The second-order valence-corrected chi connectivity index (χ2v) is 5.96. The summed E-state index contributed by atoms with van der Waals surface area (Å²) in [5.41, 5.74) is -1.80. The van der Waals surface area contributed by atoms with Crippen molar-refractivity contribution in [3.63, 3.8) is 0 Å². The summed E-state index contributed by atoms with van der Waals surface area (Å²) in [5.74, 6) is -8.04. The maximum atomic E-state index is 13.5. The van der Waals surface area contributed by atoms with Gasteiger partial charge in [0, 0.05) is 0 Å². The number of aromatic carboxylic acids is 1. The molecule has 0 aromatic heterocycles. The SMILES string of the molecule is O=C(O)c1cc(S(=O)(=O)Nc2ccc(F)c(F)c2F)ccc1F. The first-order valence-electron chi connectivity index (χ1n) is 5.82. The molecule has 0 saturated heterocycles. The third-order valence-corrected chi connectivity index (χ3v) is 4.12. The Bertz CT molecular complexity index is 899. The molecule has 2 aromatic carbocycles. The van der Waals surface area contributed by atoms with Crippen LogP contribution in [-0.4, -0.2) is 19.5 Å². The van der Waals surface area contributed by atoms with Gasteiger partial charge in [-0.1, -0.05) is 0 Å². The molecule has 0 aliphatic rings. The number of carboxylic acid groups (broad SMARTS) is 1. The minimum Gasteiger partial charge on any atom is -0.478 e. The van der Waals surface area contributed by atoms with Crippen molar-refractivity contribution in [2.75, 3.05) is 4.72 Å². The summed E-state index contributed by atoms with van der Waals surface area (Å²) in [6.45, 7) is 0. The standard InChI is InChI=1S/C13H7F4NO4S/c14-8-2-1-6(5-7(8)13(19)20)23(21,22)18-10-4-3-9(15)11(16)12(10)17/h1-5,18H,(H,19,20). The highest BCUT2D eigenvalue weighted by molar-refractivity contribution is 7.92. The largest absolute Gasteiger partial charge is 0.478 e. The fourth-order valence-corrected chi connectivity index (χ4v) is 2.73. The van der Waals surface area contributed by atoms with Gasteiger partial charge in [0.05, 0.1) is 16.1 Å². The lowest BCUT2D eigenvalue weighted by Crippen LogP contribution is -2.16. The number of benzene rings is 2. The second kappa shape index (κ2) is 5.88. The van der Waals surface area contributed by atoms with Gasteiger partial charge in [-0.2, -0.15) is 0 Å². The van der Waals surface area contributed by atoms with Crippen LogP contribution in [0.25, 0.3) is 0 Å². The molecule has 0 amide bonds. The molecule has 0 radical (unpaired) electrons. The minimum absolute atomic E-state index is 0.504. The summed E-state index contributed by atoms with van der Waals surface area (Å²) in [4.78, 5) is 10.1. The number of hydrogen-bond donors (Lipinski definition) is 2. The summed E-state index contributed by atoms with van der Waals surface area (Å²) in [5, 5.41) is 8.75. The van der Waals surface area contributed by atoms with E-state index in [4.69, 9.17) is 5.11 Å². The van der Waals surface area contributed by atoms with Crippen LogP contribution in [-0.2, 0) is 10.0 Å². The first-order chi connectivity index (χ1) is 10.6. The van der Waals surface area contributed by atoms with Crippen LogP contribution in [0, 0.1) is 23.3 Å². The molecule has 0 aliphatic carbocycles. The van der Waals surface area contributed by atoms with E-state index in [1.165, 1.54) is 0 Å². The summed E-state index contributed by atoms with van der Waals surface area (Å²) in [6.07, 6.45) is 0. The van der Waals surface area contributed by atoms with Crippen molar-refractivity contribution in [3.05, 3.63) is 59.2 Å². The lowest BCUT2D eigenvalue weighted by atomic mass is 10.2. The zero-order valence-corrected chi connectivity index (χ0v) is 11.8. The van der Waals surface area contributed by atoms with Gasteiger partial charge in [-0.15, -0.1) is 0 Å². The predicted octanol–water partition coefficient (Wildman–Crippen LogP) is 2.74. The van der Waals surface area contributed by atoms with Crippen LogP contribution >= 0.6 is 0 Å². The normalized spacial score (nSPS) is 11.3. The number of rotatable bonds is 4. The number of hydrogen-bond acceptors (Lipinski definition) is 3. The Kier molecular flexibility index (Phi) is 4.28. The maximum absolute atomic E-state index is 13.5. The summed E-state index contributed by atoms with van der Waals surface area (Å²) >= 11 is 0. The Morgan fingerprint density at radius 2 is 1.57 bits per heavy atom. The molecule has 2 N–H and O–H groups in total. The van der Waals surface area contributed by atoms with E-state index in [0.717, 1.165) is 6.07 Å². The molecule has 5 nitrogen and oxygen atoms in total. The van der Waals surface area contributed by atoms with Gasteiger partial charge in [-0.05, 0) is 30.3 Å². The molecule has 122 valence electrons. The van der Waals surface area contributed by atoms with Crippen molar-refractivity contribution in [2.24, 2.45) is 0 Å². The van der Waals surface area contributed by atoms with E-state index in [-0.39, 0.29) is 0 Å². The highest BCUT2D eigenvalue weighted by atomic mass is 32.2. The lowest BCUT2D eigenvalue weighted by Gasteiger charge is -2.10. The third-order valence-electron chi connectivity index (χ3n) is 2.76. The van der Waals surface area contributed by atoms with Crippen LogP contribution in [0.1, 0.15) is 10.4 Å². The molecule has 0 fully saturated rings. The number of carbonyl (C=O) groups is 1. The first-order valence-corrected chi connectivity index (χ1v) is 7.31. The Hall–Kier alpha value is -2.62. The van der Waals surface area contributed by atoms with E-state index in [2.05, 4.69) is 0 Å². The van der Waals surface area contributed by atoms with Gasteiger partial charge in [0.25, 0.3) is 10.0 Å². The number of anilines is 1. The Labute approximate surface area is 127 Å². The molecule has 10 heteroatoms. The van der Waals surface area contributed by atoms with Gasteiger partial charge in [0.15, 0.2) is 17.5 Å². The quantitative estimate of drug-likeness (QED) is 0.657. The third kappa shape index (κ3) is 3.26. The number of nitrogens with one attached hydrogen (secondary N) is 1. The van der Waals surface area contributed by atoms with Crippen LogP contribution in [0.15, 0.2) is 35.2 Å². The van der Waals surface area contributed by atoms with Gasteiger partial charge in [-0.25, -0.2) is 30.8 Å². The minimum atomic E-state index is -4.55. The highest BCUT2D eigenvalue weighted by Gasteiger charge is 2.22. The Morgan fingerprint density at radius 1 is 0.957 bits per heavy atom. The van der Waals surface area contributed by atoms with Gasteiger partial charge in [-0.3, -0.25) is 4.72 Å².